The van der Waals surface area contributed by atoms with E-state index in [0.29, 0.717) is 38.5 Å². The van der Waals surface area contributed by atoms with Gasteiger partial charge in [0, 0.05) is 17.8 Å². The van der Waals surface area contributed by atoms with Gasteiger partial charge in [0.1, 0.15) is 12.1 Å². The van der Waals surface area contributed by atoms with Gasteiger partial charge in [-0.05, 0) is 63.0 Å². The van der Waals surface area contributed by atoms with E-state index < -0.39 is 22.9 Å². The monoisotopic (exact) mass is 483 g/mol. The van der Waals surface area contributed by atoms with E-state index in [1.165, 1.54) is 12.8 Å². The third-order valence-corrected chi connectivity index (χ3v) is 8.03. The summed E-state index contributed by atoms with van der Waals surface area (Å²) in [4.78, 5) is 40.8. The molecule has 1 saturated carbocycles. The Kier molecular flexibility index (Phi) is 10.8. The average Bonchev–Trinajstić information content (AvgIpc) is 3.24. The van der Waals surface area contributed by atoms with Crippen molar-refractivity contribution < 1.29 is 19.1 Å². The van der Waals surface area contributed by atoms with Gasteiger partial charge in [0.2, 0.25) is 11.8 Å². The Labute approximate surface area is 204 Å². The smallest absolute Gasteiger partial charge is 0.407 e. The van der Waals surface area contributed by atoms with Crippen molar-refractivity contribution in [3.05, 3.63) is 0 Å². The predicted molar refractivity (Wildman–Crippen MR) is 134 cm³/mol. The number of ether oxygens (including phenoxy) is 1. The Morgan fingerprint density at radius 1 is 1.12 bits per heavy atom. The first kappa shape index (κ1) is 27.8. The number of rotatable bonds is 10. The van der Waals surface area contributed by atoms with E-state index in [2.05, 4.69) is 31.4 Å². The van der Waals surface area contributed by atoms with Crippen molar-refractivity contribution in [2.45, 2.75) is 109 Å². The summed E-state index contributed by atoms with van der Waals surface area (Å²) in [5, 5.41) is 6.22. The summed E-state index contributed by atoms with van der Waals surface area (Å²) in [6.07, 6.45) is 6.32. The fourth-order valence-electron chi connectivity index (χ4n) is 4.93. The van der Waals surface area contributed by atoms with Crippen LogP contribution < -0.4 is 10.6 Å². The highest BCUT2D eigenvalue weighted by atomic mass is 32.2. The van der Waals surface area contributed by atoms with Gasteiger partial charge in [-0.25, -0.2) is 4.79 Å². The molecular formula is C25H45N3O4S. The van der Waals surface area contributed by atoms with Crippen LogP contribution >= 0.6 is 11.8 Å². The standard InChI is InChI=1S/C25H45N3O4S/c1-7-15-32-24(31)27-21(25(5,6)33-17(2)3)23(30)28-14-8-9-20(28)22(29)26-16-19-12-10-18(4)11-13-19/h17-21H,7-16H2,1-6H3,(H,26,29)(H,27,31)/t18?,19?,20-,21-/m0/s1. The summed E-state index contributed by atoms with van der Waals surface area (Å²) in [7, 11) is 0. The maximum Gasteiger partial charge on any atom is 0.407 e. The normalized spacial score (nSPS) is 24.5. The van der Waals surface area contributed by atoms with Gasteiger partial charge in [0.25, 0.3) is 0 Å². The SMILES string of the molecule is CCCOC(=O)N[C@@H](C(=O)N1CCC[C@H]1C(=O)NCC1CCC(C)CC1)C(C)(C)SC(C)C. The van der Waals surface area contributed by atoms with E-state index in [4.69, 9.17) is 4.74 Å². The lowest BCUT2D eigenvalue weighted by Crippen LogP contribution is -2.60. The van der Waals surface area contributed by atoms with Crippen LogP contribution in [0.25, 0.3) is 0 Å². The van der Waals surface area contributed by atoms with Crippen LogP contribution in [-0.4, -0.2) is 64.6 Å². The fraction of sp³-hybridized carbons (Fsp3) is 0.880. The summed E-state index contributed by atoms with van der Waals surface area (Å²) in [5.41, 5.74) is 0. The van der Waals surface area contributed by atoms with Gasteiger partial charge in [0.15, 0.2) is 0 Å². The number of carbonyl (C=O) groups excluding carboxylic acids is 3. The molecule has 2 fully saturated rings. The second kappa shape index (κ2) is 12.9. The Morgan fingerprint density at radius 2 is 1.79 bits per heavy atom. The predicted octanol–water partition coefficient (Wildman–Crippen LogP) is 4.34. The van der Waals surface area contributed by atoms with Crippen LogP contribution in [0.2, 0.25) is 0 Å². The van der Waals surface area contributed by atoms with Crippen LogP contribution in [0, 0.1) is 11.8 Å². The molecule has 1 saturated heterocycles. The number of thioether (sulfide) groups is 1. The first-order chi connectivity index (χ1) is 15.5. The summed E-state index contributed by atoms with van der Waals surface area (Å²) in [6, 6.07) is -1.25. The number of likely N-dealkylation sites (tertiary alicyclic amines) is 1. The third-order valence-electron chi connectivity index (χ3n) is 6.72. The van der Waals surface area contributed by atoms with Crippen LogP contribution in [0.3, 0.4) is 0 Å². The first-order valence-corrected chi connectivity index (χ1v) is 13.6. The molecule has 2 aliphatic rings. The second-order valence-corrected chi connectivity index (χ2v) is 12.8. The van der Waals surface area contributed by atoms with Crippen molar-refractivity contribution in [2.75, 3.05) is 19.7 Å². The zero-order valence-electron chi connectivity index (χ0n) is 21.4. The topological polar surface area (TPSA) is 87.7 Å². The molecule has 2 rings (SSSR count). The largest absolute Gasteiger partial charge is 0.450 e. The molecule has 8 heteroatoms. The highest BCUT2D eigenvalue weighted by Crippen LogP contribution is 2.34. The number of nitrogens with one attached hydrogen (secondary N) is 2. The van der Waals surface area contributed by atoms with E-state index in [9.17, 15) is 14.4 Å². The molecule has 0 aromatic rings. The number of nitrogens with zero attached hydrogens (tertiary/aromatic N) is 1. The lowest BCUT2D eigenvalue weighted by atomic mass is 9.83. The van der Waals surface area contributed by atoms with Crippen molar-refractivity contribution in [1.82, 2.24) is 15.5 Å². The molecule has 1 heterocycles. The van der Waals surface area contributed by atoms with Gasteiger partial charge in [-0.1, -0.05) is 40.5 Å². The van der Waals surface area contributed by atoms with Gasteiger partial charge in [-0.15, -0.1) is 0 Å². The van der Waals surface area contributed by atoms with E-state index in [0.717, 1.165) is 25.2 Å². The van der Waals surface area contributed by atoms with Gasteiger partial charge in [-0.2, -0.15) is 11.8 Å². The van der Waals surface area contributed by atoms with Gasteiger partial charge in [0.05, 0.1) is 6.61 Å². The lowest BCUT2D eigenvalue weighted by molar-refractivity contribution is -0.140. The summed E-state index contributed by atoms with van der Waals surface area (Å²) in [6.45, 7) is 13.8. The van der Waals surface area contributed by atoms with Gasteiger partial charge in [-0.3, -0.25) is 9.59 Å². The molecule has 1 aliphatic heterocycles. The summed E-state index contributed by atoms with van der Waals surface area (Å²) >= 11 is 1.64. The average molecular weight is 484 g/mol. The molecule has 7 nitrogen and oxygen atoms in total. The Bertz CT molecular complexity index is 662. The zero-order chi connectivity index (χ0) is 24.6. The zero-order valence-corrected chi connectivity index (χ0v) is 22.3. The second-order valence-electron chi connectivity index (χ2n) is 10.5. The maximum atomic E-state index is 13.7. The fourth-order valence-corrected chi connectivity index (χ4v) is 6.44. The molecule has 0 unspecified atom stereocenters. The van der Waals surface area contributed by atoms with E-state index in [1.807, 2.05) is 20.8 Å². The molecule has 0 bridgehead atoms. The van der Waals surface area contributed by atoms with Crippen LogP contribution in [0.4, 0.5) is 4.79 Å². The Morgan fingerprint density at radius 3 is 2.39 bits per heavy atom. The summed E-state index contributed by atoms with van der Waals surface area (Å²) in [5.74, 6) is 1.03. The molecule has 2 N–H and O–H groups in total. The molecule has 1 aliphatic carbocycles. The van der Waals surface area contributed by atoms with Crippen LogP contribution in [0.1, 0.15) is 86.5 Å². The molecule has 0 aromatic heterocycles. The number of alkyl carbamates (subject to hydrolysis) is 1. The number of hydrogen-bond acceptors (Lipinski definition) is 5. The highest BCUT2D eigenvalue weighted by molar-refractivity contribution is 8.01. The van der Waals surface area contributed by atoms with Gasteiger partial charge < -0.3 is 20.3 Å². The van der Waals surface area contributed by atoms with Crippen molar-refractivity contribution in [3.63, 3.8) is 0 Å². The minimum Gasteiger partial charge on any atom is -0.450 e. The number of hydrogen-bond donors (Lipinski definition) is 2. The highest BCUT2D eigenvalue weighted by Gasteiger charge is 2.44. The molecular weight excluding hydrogens is 438 g/mol. The quantitative estimate of drug-likeness (QED) is 0.482. The molecule has 3 amide bonds. The molecule has 0 spiro atoms. The van der Waals surface area contributed by atoms with Crippen LogP contribution in [0.5, 0.6) is 0 Å². The molecule has 0 radical (unpaired) electrons. The summed E-state index contributed by atoms with van der Waals surface area (Å²) < 4.78 is 4.66. The number of amides is 3. The minimum absolute atomic E-state index is 0.0684. The molecule has 33 heavy (non-hydrogen) atoms. The van der Waals surface area contributed by atoms with Crippen LogP contribution in [-0.2, 0) is 14.3 Å². The van der Waals surface area contributed by atoms with Gasteiger partial charge >= 0.3 is 6.09 Å². The minimum atomic E-state index is -0.775. The van der Waals surface area contributed by atoms with Crippen molar-refractivity contribution in [2.24, 2.45) is 11.8 Å². The van der Waals surface area contributed by atoms with E-state index >= 15 is 0 Å². The van der Waals surface area contributed by atoms with Crippen LogP contribution in [0.15, 0.2) is 0 Å². The Hall–Kier alpha value is -1.44. The third kappa shape index (κ3) is 8.37. The lowest BCUT2D eigenvalue weighted by Gasteiger charge is -2.38. The maximum absolute atomic E-state index is 13.7. The van der Waals surface area contributed by atoms with E-state index in [-0.39, 0.29) is 17.1 Å². The van der Waals surface area contributed by atoms with E-state index in [1.54, 1.807) is 16.7 Å². The Balaban J connectivity index is 2.07. The molecule has 190 valence electrons. The number of carbonyl (C=O) groups is 3. The van der Waals surface area contributed by atoms with Crippen molar-refractivity contribution in [1.29, 1.82) is 0 Å². The molecule has 2 atom stereocenters. The van der Waals surface area contributed by atoms with Crippen molar-refractivity contribution in [3.8, 4) is 0 Å². The first-order valence-electron chi connectivity index (χ1n) is 12.7. The van der Waals surface area contributed by atoms with Crippen molar-refractivity contribution >= 4 is 29.7 Å². The molecule has 0 aromatic carbocycles.